The molecule has 0 aliphatic carbocycles. The van der Waals surface area contributed by atoms with E-state index in [2.05, 4.69) is 0 Å². The molecule has 0 amide bonds. The summed E-state index contributed by atoms with van der Waals surface area (Å²) in [6.45, 7) is 5.08. The summed E-state index contributed by atoms with van der Waals surface area (Å²) < 4.78 is 0. The molecular formula is C10H20K2MgN2O8. The minimum absolute atomic E-state index is 0. The molecule has 0 atom stereocenters. The molecule has 0 saturated heterocycles. The van der Waals surface area contributed by atoms with E-state index in [0.717, 1.165) is 27.7 Å². The van der Waals surface area contributed by atoms with Crippen LogP contribution < -0.4 is 135 Å². The number of hydrogen-bond donors (Lipinski definition) is 2. The number of rotatable bonds is 1. The molecule has 0 fully saturated rings. The third kappa shape index (κ3) is 1410. The zero-order chi connectivity index (χ0) is 17.7. The summed E-state index contributed by atoms with van der Waals surface area (Å²) in [5.74, 6) is -4.33. The Bertz CT molecular complexity index is 205. The number of nitrogens with two attached hydrogens (primary N) is 2. The van der Waals surface area contributed by atoms with E-state index in [9.17, 15) is 0 Å². The van der Waals surface area contributed by atoms with Gasteiger partial charge >= 0.3 is 126 Å². The maximum Gasteiger partial charge on any atom is 2.00 e. The molecule has 0 bridgehead atoms. The Morgan fingerprint density at radius 1 is 0.609 bits per heavy atom. The van der Waals surface area contributed by atoms with Crippen molar-refractivity contribution < 1.29 is 142 Å². The number of hydrogen-bond acceptors (Lipinski definition) is 10. The van der Waals surface area contributed by atoms with Crippen molar-refractivity contribution in [3.8, 4) is 0 Å². The third-order valence-corrected chi connectivity index (χ3v) is 0.167. The SMILES string of the molecule is CC(=O)[O-].CC(=O)[O-].CC(=O)[O-].CC(=O)[O-].NCCN.[K+].[K+].[Mg+2]. The van der Waals surface area contributed by atoms with Crippen LogP contribution in [0.25, 0.3) is 0 Å². The minimum atomic E-state index is -1.08. The molecule has 0 spiro atoms. The molecule has 0 aliphatic heterocycles. The molecule has 0 saturated carbocycles. The van der Waals surface area contributed by atoms with Crippen LogP contribution in [-0.4, -0.2) is 60.0 Å². The first-order valence-corrected chi connectivity index (χ1v) is 4.95. The number of carboxylic acid groups (broad SMARTS) is 4. The van der Waals surface area contributed by atoms with Crippen LogP contribution in [0.4, 0.5) is 0 Å². The summed E-state index contributed by atoms with van der Waals surface area (Å²) in [5, 5.41) is 35.6. The van der Waals surface area contributed by atoms with E-state index in [-0.39, 0.29) is 126 Å². The predicted octanol–water partition coefficient (Wildman–Crippen LogP) is -12.4. The number of carboxylic acids is 4. The second-order valence-corrected chi connectivity index (χ2v) is 2.54. The molecule has 0 aliphatic rings. The second kappa shape index (κ2) is 49.6. The number of carbonyl (C=O) groups is 4. The Morgan fingerprint density at radius 3 is 0.652 bits per heavy atom. The average Bonchev–Trinajstić information content (AvgIpc) is 2.13. The summed E-state index contributed by atoms with van der Waals surface area (Å²) in [5.41, 5.74) is 9.81. The average molecular weight is 399 g/mol. The van der Waals surface area contributed by atoms with Gasteiger partial charge in [0.1, 0.15) is 0 Å². The fourth-order valence-corrected chi connectivity index (χ4v) is 0. The van der Waals surface area contributed by atoms with Crippen molar-refractivity contribution in [1.82, 2.24) is 0 Å². The van der Waals surface area contributed by atoms with E-state index in [0.29, 0.717) is 13.1 Å². The van der Waals surface area contributed by atoms with Gasteiger partial charge in [-0.1, -0.05) is 0 Å². The van der Waals surface area contributed by atoms with Crippen LogP contribution in [0.3, 0.4) is 0 Å². The first kappa shape index (κ1) is 49.8. The van der Waals surface area contributed by atoms with Crippen molar-refractivity contribution in [3.05, 3.63) is 0 Å². The van der Waals surface area contributed by atoms with Gasteiger partial charge in [-0.05, 0) is 27.7 Å². The molecule has 10 nitrogen and oxygen atoms in total. The molecule has 0 unspecified atom stereocenters. The van der Waals surface area contributed by atoms with Crippen LogP contribution in [0.2, 0.25) is 0 Å². The van der Waals surface area contributed by atoms with Gasteiger partial charge in [-0.3, -0.25) is 0 Å². The Balaban J connectivity index is -0.0000000197. The molecule has 0 aromatic rings. The fraction of sp³-hybridized carbons (Fsp3) is 0.600. The normalized spacial score (nSPS) is 5.65. The predicted molar refractivity (Wildman–Crippen MR) is 66.6 cm³/mol. The van der Waals surface area contributed by atoms with Crippen molar-refractivity contribution >= 4 is 46.9 Å². The largest absolute Gasteiger partial charge is 2.00 e. The standard InChI is InChI=1S/C2H8N2.4C2H4O2.2K.Mg/c3-1-2-4;4*1-2(3)4;;;/h1-4H2;4*1H3,(H,3,4);;;/q;;;;;2*+1;+2/p-4. The van der Waals surface area contributed by atoms with Crippen LogP contribution >= 0.6 is 0 Å². The van der Waals surface area contributed by atoms with Crippen molar-refractivity contribution in [3.63, 3.8) is 0 Å². The summed E-state index contributed by atoms with van der Waals surface area (Å²) in [7, 11) is 0. The third-order valence-electron chi connectivity index (χ3n) is 0.167. The summed E-state index contributed by atoms with van der Waals surface area (Å²) >= 11 is 0. The van der Waals surface area contributed by atoms with Gasteiger partial charge in [0.15, 0.2) is 0 Å². The van der Waals surface area contributed by atoms with Gasteiger partial charge in [0.2, 0.25) is 0 Å². The summed E-state index contributed by atoms with van der Waals surface area (Å²) in [6, 6.07) is 0. The van der Waals surface area contributed by atoms with Crippen molar-refractivity contribution in [2.75, 3.05) is 13.1 Å². The molecule has 0 rings (SSSR count). The van der Waals surface area contributed by atoms with E-state index in [4.69, 9.17) is 51.1 Å². The van der Waals surface area contributed by atoms with Gasteiger partial charge in [0, 0.05) is 37.0 Å². The summed E-state index contributed by atoms with van der Waals surface area (Å²) in [4.78, 5) is 35.6. The van der Waals surface area contributed by atoms with E-state index < -0.39 is 23.9 Å². The Kier molecular flexibility index (Phi) is 107. The van der Waals surface area contributed by atoms with Gasteiger partial charge in [-0.25, -0.2) is 0 Å². The Morgan fingerprint density at radius 2 is 0.652 bits per heavy atom. The molecule has 13 heteroatoms. The number of aliphatic carboxylic acids is 4. The van der Waals surface area contributed by atoms with E-state index in [1.54, 1.807) is 0 Å². The van der Waals surface area contributed by atoms with Gasteiger partial charge in [0.25, 0.3) is 0 Å². The zero-order valence-electron chi connectivity index (χ0n) is 14.5. The first-order valence-electron chi connectivity index (χ1n) is 4.95. The zero-order valence-corrected chi connectivity index (χ0v) is 22.2. The monoisotopic (exact) mass is 398 g/mol. The van der Waals surface area contributed by atoms with Crippen LogP contribution in [0.1, 0.15) is 27.7 Å². The van der Waals surface area contributed by atoms with Crippen molar-refractivity contribution in [1.29, 1.82) is 0 Å². The molecule has 0 aromatic carbocycles. The van der Waals surface area contributed by atoms with Crippen molar-refractivity contribution in [2.45, 2.75) is 27.7 Å². The molecule has 0 radical (unpaired) electrons. The van der Waals surface area contributed by atoms with Crippen LogP contribution in [0.5, 0.6) is 0 Å². The fourth-order valence-electron chi connectivity index (χ4n) is 0. The molecule has 122 valence electrons. The van der Waals surface area contributed by atoms with Gasteiger partial charge in [0.05, 0.1) is 0 Å². The van der Waals surface area contributed by atoms with Gasteiger partial charge in [-0.2, -0.15) is 0 Å². The molecule has 0 heterocycles. The van der Waals surface area contributed by atoms with Gasteiger partial charge in [-0.15, -0.1) is 0 Å². The maximum atomic E-state index is 8.89. The molecule has 4 N–H and O–H groups in total. The van der Waals surface area contributed by atoms with E-state index in [1.165, 1.54) is 0 Å². The topological polar surface area (TPSA) is 213 Å². The Hall–Kier alpha value is 1.84. The van der Waals surface area contributed by atoms with E-state index in [1.807, 2.05) is 0 Å². The second-order valence-electron chi connectivity index (χ2n) is 2.54. The molecule has 0 aromatic heterocycles. The Labute approximate surface area is 237 Å². The molecule has 23 heavy (non-hydrogen) atoms. The maximum absolute atomic E-state index is 8.89. The van der Waals surface area contributed by atoms with Crippen LogP contribution in [0, 0.1) is 0 Å². The first-order chi connectivity index (χ1) is 8.84. The summed E-state index contributed by atoms with van der Waals surface area (Å²) in [6.07, 6.45) is 0. The number of carbonyl (C=O) groups excluding carboxylic acids is 4. The molecular weight excluding hydrogens is 379 g/mol. The van der Waals surface area contributed by atoms with Gasteiger partial charge < -0.3 is 51.1 Å². The van der Waals surface area contributed by atoms with E-state index >= 15 is 0 Å². The van der Waals surface area contributed by atoms with Crippen molar-refractivity contribution in [2.24, 2.45) is 11.5 Å². The minimum Gasteiger partial charge on any atom is -0.550 e. The van der Waals surface area contributed by atoms with Crippen LogP contribution in [-0.2, 0) is 19.2 Å². The van der Waals surface area contributed by atoms with Crippen LogP contribution in [0.15, 0.2) is 0 Å². The smallest absolute Gasteiger partial charge is 0.550 e. The quantitative estimate of drug-likeness (QED) is 0.397.